The molecule has 0 aliphatic rings. The zero-order chi connectivity index (χ0) is 7.23. The topological polar surface area (TPSA) is 9.23 Å². The summed E-state index contributed by atoms with van der Waals surface area (Å²) < 4.78 is 16.5. The lowest BCUT2D eigenvalue weighted by molar-refractivity contribution is 0.273. The fourth-order valence-electron chi connectivity index (χ4n) is 0.623. The van der Waals surface area contributed by atoms with E-state index in [-0.39, 0.29) is 6.61 Å². The second-order valence-electron chi connectivity index (χ2n) is 1.78. The minimum atomic E-state index is -0.450. The highest BCUT2D eigenvalue weighted by Gasteiger charge is 1.88. The number of halogens is 1. The van der Waals surface area contributed by atoms with Crippen LogP contribution in [-0.4, -0.2) is 13.3 Å². The van der Waals surface area contributed by atoms with Crippen molar-refractivity contribution in [3.63, 3.8) is 0 Å². The van der Waals surface area contributed by atoms with Crippen molar-refractivity contribution in [1.82, 2.24) is 0 Å². The first-order chi connectivity index (χ1) is 4.93. The lowest BCUT2D eigenvalue weighted by atomic mass is 10.3. The van der Waals surface area contributed by atoms with Crippen molar-refractivity contribution >= 4 is 0 Å². The Morgan fingerprint density at radius 2 is 2.50 bits per heavy atom. The minimum absolute atomic E-state index is 0.123. The molecule has 1 aromatic carbocycles. The van der Waals surface area contributed by atoms with Gasteiger partial charge in [-0.2, -0.15) is 0 Å². The van der Waals surface area contributed by atoms with Crippen molar-refractivity contribution < 1.29 is 9.13 Å². The van der Waals surface area contributed by atoms with Crippen LogP contribution in [0.1, 0.15) is 0 Å². The van der Waals surface area contributed by atoms with E-state index in [1.54, 1.807) is 24.3 Å². The van der Waals surface area contributed by atoms with Crippen molar-refractivity contribution in [3.05, 3.63) is 30.3 Å². The SMILES string of the molecule is FCCOc1c[c]ccc1. The standard InChI is InChI=1S/C8H8FO/c9-6-7-10-8-4-2-1-3-5-8/h1-2,4-5H,6-7H2. The lowest BCUT2D eigenvalue weighted by Crippen LogP contribution is -1.97. The van der Waals surface area contributed by atoms with Gasteiger partial charge >= 0.3 is 0 Å². The highest BCUT2D eigenvalue weighted by Crippen LogP contribution is 2.06. The molecule has 10 heavy (non-hydrogen) atoms. The van der Waals surface area contributed by atoms with E-state index in [9.17, 15) is 4.39 Å². The predicted molar refractivity (Wildman–Crippen MR) is 36.7 cm³/mol. The normalized spacial score (nSPS) is 9.30. The van der Waals surface area contributed by atoms with Gasteiger partial charge in [0.05, 0.1) is 0 Å². The molecular weight excluding hydrogens is 131 g/mol. The van der Waals surface area contributed by atoms with E-state index in [4.69, 9.17) is 4.74 Å². The number of hydrogen-bond acceptors (Lipinski definition) is 1. The average molecular weight is 139 g/mol. The number of ether oxygens (including phenoxy) is 1. The van der Waals surface area contributed by atoms with Crippen LogP contribution < -0.4 is 4.74 Å². The van der Waals surface area contributed by atoms with Gasteiger partial charge in [-0.3, -0.25) is 0 Å². The molecule has 0 saturated carbocycles. The molecule has 0 unspecified atom stereocenters. The molecule has 0 heterocycles. The van der Waals surface area contributed by atoms with E-state index in [1.165, 1.54) is 0 Å². The molecule has 0 amide bonds. The van der Waals surface area contributed by atoms with E-state index in [0.717, 1.165) is 0 Å². The summed E-state index contributed by atoms with van der Waals surface area (Å²) in [6, 6.07) is 9.83. The zero-order valence-electron chi connectivity index (χ0n) is 5.51. The summed E-state index contributed by atoms with van der Waals surface area (Å²) in [4.78, 5) is 0. The molecule has 0 fully saturated rings. The molecule has 0 spiro atoms. The average Bonchev–Trinajstić information content (AvgIpc) is 2.03. The Balaban J connectivity index is 2.43. The van der Waals surface area contributed by atoms with E-state index >= 15 is 0 Å². The molecule has 1 radical (unpaired) electrons. The summed E-state index contributed by atoms with van der Waals surface area (Å²) in [5, 5.41) is 0. The minimum Gasteiger partial charge on any atom is -0.491 e. The van der Waals surface area contributed by atoms with Gasteiger partial charge in [-0.1, -0.05) is 12.1 Å². The third-order valence-electron chi connectivity index (χ3n) is 1.02. The van der Waals surface area contributed by atoms with E-state index in [0.29, 0.717) is 5.75 Å². The van der Waals surface area contributed by atoms with Gasteiger partial charge in [-0.15, -0.1) is 0 Å². The second-order valence-corrected chi connectivity index (χ2v) is 1.78. The van der Waals surface area contributed by atoms with Gasteiger partial charge in [-0.25, -0.2) is 4.39 Å². The monoisotopic (exact) mass is 139 g/mol. The van der Waals surface area contributed by atoms with Gasteiger partial charge in [0.15, 0.2) is 0 Å². The zero-order valence-corrected chi connectivity index (χ0v) is 5.51. The Hall–Kier alpha value is -1.05. The third-order valence-corrected chi connectivity index (χ3v) is 1.02. The van der Waals surface area contributed by atoms with Crippen molar-refractivity contribution in [1.29, 1.82) is 0 Å². The molecule has 0 aliphatic carbocycles. The number of rotatable bonds is 3. The van der Waals surface area contributed by atoms with E-state index in [2.05, 4.69) is 6.07 Å². The Labute approximate surface area is 59.4 Å². The lowest BCUT2D eigenvalue weighted by Gasteiger charge is -2.00. The highest BCUT2D eigenvalue weighted by molar-refractivity contribution is 5.19. The van der Waals surface area contributed by atoms with Crippen LogP contribution in [0.15, 0.2) is 24.3 Å². The Morgan fingerprint density at radius 3 is 3.10 bits per heavy atom. The molecule has 1 aromatic rings. The smallest absolute Gasteiger partial charge is 0.123 e. The number of alkyl halides is 1. The first-order valence-electron chi connectivity index (χ1n) is 3.08. The summed E-state index contributed by atoms with van der Waals surface area (Å²) in [5.41, 5.74) is 0. The van der Waals surface area contributed by atoms with Crippen LogP contribution >= 0.6 is 0 Å². The highest BCUT2D eigenvalue weighted by atomic mass is 19.1. The molecule has 2 heteroatoms. The Bertz CT molecular complexity index is 174. The predicted octanol–water partition coefficient (Wildman–Crippen LogP) is 1.84. The van der Waals surface area contributed by atoms with Gasteiger partial charge in [0.25, 0.3) is 0 Å². The molecule has 1 rings (SSSR count). The van der Waals surface area contributed by atoms with Crippen molar-refractivity contribution in [2.24, 2.45) is 0 Å². The molecule has 53 valence electrons. The maximum absolute atomic E-state index is 11.5. The quantitative estimate of drug-likeness (QED) is 0.620. The van der Waals surface area contributed by atoms with E-state index < -0.39 is 6.67 Å². The molecular formula is C8H8FO. The fraction of sp³-hybridized carbons (Fsp3) is 0.250. The van der Waals surface area contributed by atoms with Crippen molar-refractivity contribution in [3.8, 4) is 5.75 Å². The Kier molecular flexibility index (Phi) is 2.74. The largest absolute Gasteiger partial charge is 0.491 e. The van der Waals surface area contributed by atoms with Crippen LogP contribution in [0.5, 0.6) is 5.75 Å². The molecule has 0 bridgehead atoms. The Morgan fingerprint density at radius 1 is 1.60 bits per heavy atom. The summed E-state index contributed by atoms with van der Waals surface area (Å²) in [5.74, 6) is 0.667. The summed E-state index contributed by atoms with van der Waals surface area (Å²) in [7, 11) is 0. The van der Waals surface area contributed by atoms with Gasteiger partial charge in [0, 0.05) is 0 Å². The second kappa shape index (κ2) is 3.88. The molecule has 0 aromatic heterocycles. The molecule has 0 aliphatic heterocycles. The van der Waals surface area contributed by atoms with Crippen LogP contribution in [0.25, 0.3) is 0 Å². The van der Waals surface area contributed by atoms with Crippen molar-refractivity contribution in [2.75, 3.05) is 13.3 Å². The van der Waals surface area contributed by atoms with Gasteiger partial charge in [0.1, 0.15) is 19.0 Å². The molecule has 0 atom stereocenters. The van der Waals surface area contributed by atoms with Crippen LogP contribution in [0.2, 0.25) is 0 Å². The summed E-state index contributed by atoms with van der Waals surface area (Å²) in [6.07, 6.45) is 0. The number of benzene rings is 1. The van der Waals surface area contributed by atoms with Gasteiger partial charge < -0.3 is 4.74 Å². The van der Waals surface area contributed by atoms with Crippen molar-refractivity contribution in [2.45, 2.75) is 0 Å². The van der Waals surface area contributed by atoms with E-state index in [1.807, 2.05) is 0 Å². The van der Waals surface area contributed by atoms with Gasteiger partial charge in [-0.05, 0) is 18.2 Å². The van der Waals surface area contributed by atoms with Crippen LogP contribution in [0, 0.1) is 6.07 Å². The molecule has 1 nitrogen and oxygen atoms in total. The van der Waals surface area contributed by atoms with Gasteiger partial charge in [0.2, 0.25) is 0 Å². The summed E-state index contributed by atoms with van der Waals surface area (Å²) in [6.45, 7) is -0.327. The van der Waals surface area contributed by atoms with Crippen LogP contribution in [0.4, 0.5) is 4.39 Å². The maximum Gasteiger partial charge on any atom is 0.123 e. The number of hydrogen-bond donors (Lipinski definition) is 0. The fourth-order valence-corrected chi connectivity index (χ4v) is 0.623. The van der Waals surface area contributed by atoms with Crippen LogP contribution in [-0.2, 0) is 0 Å². The third kappa shape index (κ3) is 2.05. The molecule has 0 saturated heterocycles. The molecule has 0 N–H and O–H groups in total. The first kappa shape index (κ1) is 7.06. The first-order valence-corrected chi connectivity index (χ1v) is 3.08. The maximum atomic E-state index is 11.5. The van der Waals surface area contributed by atoms with Crippen LogP contribution in [0.3, 0.4) is 0 Å². The summed E-state index contributed by atoms with van der Waals surface area (Å²) >= 11 is 0.